The van der Waals surface area contributed by atoms with E-state index in [1.165, 1.54) is 12.1 Å². The van der Waals surface area contributed by atoms with Gasteiger partial charge in [0.05, 0.1) is 24.3 Å². The molecule has 3 nitrogen and oxygen atoms in total. The summed E-state index contributed by atoms with van der Waals surface area (Å²) >= 11 is 0. The number of benzene rings is 2. The summed E-state index contributed by atoms with van der Waals surface area (Å²) in [6.45, 7) is 2.52. The van der Waals surface area contributed by atoms with Crippen LogP contribution in [0.5, 0.6) is 0 Å². The van der Waals surface area contributed by atoms with Crippen LogP contribution in [0.3, 0.4) is 0 Å². The summed E-state index contributed by atoms with van der Waals surface area (Å²) in [6.07, 6.45) is -9.70. The van der Waals surface area contributed by atoms with Crippen molar-refractivity contribution < 1.29 is 31.1 Å². The number of pyridine rings is 1. The fourth-order valence-electron chi connectivity index (χ4n) is 3.53. The Morgan fingerprint density at radius 2 is 1.50 bits per heavy atom. The maximum atomic E-state index is 13.4. The van der Waals surface area contributed by atoms with Crippen molar-refractivity contribution in [3.05, 3.63) is 59.8 Å². The second-order valence-corrected chi connectivity index (χ2v) is 6.90. The number of hydrogen-bond donors (Lipinski definition) is 0. The van der Waals surface area contributed by atoms with Crippen molar-refractivity contribution in [1.29, 1.82) is 0 Å². The molecule has 0 spiro atoms. The Kier molecular flexibility index (Phi) is 5.09. The quantitative estimate of drug-likeness (QED) is 0.486. The SMILES string of the molecule is FC(F)(F)c1cc(-c2ccc(N3CCOCC3)cc2)c2cccc(C(F)(F)F)c2n1. The van der Waals surface area contributed by atoms with Crippen LogP contribution in [-0.2, 0) is 17.1 Å². The normalized spacial score (nSPS) is 15.6. The zero-order chi connectivity index (χ0) is 21.5. The van der Waals surface area contributed by atoms with E-state index in [0.29, 0.717) is 31.9 Å². The Morgan fingerprint density at radius 1 is 0.833 bits per heavy atom. The first-order chi connectivity index (χ1) is 14.1. The molecule has 0 atom stereocenters. The number of nitrogens with zero attached hydrogens (tertiary/aromatic N) is 2. The highest BCUT2D eigenvalue weighted by Crippen LogP contribution is 2.40. The van der Waals surface area contributed by atoms with Gasteiger partial charge in [-0.05, 0) is 35.4 Å². The number of alkyl halides is 6. The zero-order valence-corrected chi connectivity index (χ0v) is 15.5. The Labute approximate surface area is 167 Å². The Bertz CT molecular complexity index is 1050. The first-order valence-corrected chi connectivity index (χ1v) is 9.16. The van der Waals surface area contributed by atoms with Crippen LogP contribution >= 0.6 is 0 Å². The summed E-state index contributed by atoms with van der Waals surface area (Å²) in [5.74, 6) is 0. The predicted molar refractivity (Wildman–Crippen MR) is 100 cm³/mol. The van der Waals surface area contributed by atoms with Crippen LogP contribution in [0, 0.1) is 0 Å². The van der Waals surface area contributed by atoms with Crippen molar-refractivity contribution in [3.63, 3.8) is 0 Å². The summed E-state index contributed by atoms with van der Waals surface area (Å²) in [5, 5.41) is 0.0111. The van der Waals surface area contributed by atoms with E-state index in [4.69, 9.17) is 4.74 Å². The molecule has 3 aromatic rings. The van der Waals surface area contributed by atoms with Crippen LogP contribution in [0.1, 0.15) is 11.3 Å². The Morgan fingerprint density at radius 3 is 2.10 bits per heavy atom. The molecule has 0 bridgehead atoms. The van der Waals surface area contributed by atoms with Crippen LogP contribution in [0.4, 0.5) is 32.0 Å². The molecule has 1 saturated heterocycles. The summed E-state index contributed by atoms with van der Waals surface area (Å²) < 4.78 is 85.7. The van der Waals surface area contributed by atoms with Crippen molar-refractivity contribution >= 4 is 16.6 Å². The zero-order valence-electron chi connectivity index (χ0n) is 15.5. The molecule has 0 amide bonds. The van der Waals surface area contributed by atoms with Crippen LogP contribution < -0.4 is 4.90 Å². The van der Waals surface area contributed by atoms with E-state index in [2.05, 4.69) is 9.88 Å². The van der Waals surface area contributed by atoms with Gasteiger partial charge in [-0.15, -0.1) is 0 Å². The maximum Gasteiger partial charge on any atom is 0.433 e. The van der Waals surface area contributed by atoms with E-state index in [1.54, 1.807) is 24.3 Å². The average Bonchev–Trinajstić information content (AvgIpc) is 2.72. The molecule has 0 N–H and O–H groups in total. The van der Waals surface area contributed by atoms with Gasteiger partial charge in [0.2, 0.25) is 0 Å². The number of morpholine rings is 1. The monoisotopic (exact) mass is 426 g/mol. The lowest BCUT2D eigenvalue weighted by Crippen LogP contribution is -2.36. The molecule has 4 rings (SSSR count). The van der Waals surface area contributed by atoms with Gasteiger partial charge in [0.15, 0.2) is 0 Å². The molecule has 30 heavy (non-hydrogen) atoms. The predicted octanol–water partition coefficient (Wildman–Crippen LogP) is 5.78. The number of ether oxygens (including phenoxy) is 1. The van der Waals surface area contributed by atoms with Crippen LogP contribution in [-0.4, -0.2) is 31.3 Å². The topological polar surface area (TPSA) is 25.4 Å². The highest BCUT2D eigenvalue weighted by molar-refractivity contribution is 5.96. The van der Waals surface area contributed by atoms with Gasteiger partial charge in [-0.25, -0.2) is 4.98 Å². The first kappa shape index (κ1) is 20.5. The smallest absolute Gasteiger partial charge is 0.378 e. The molecule has 0 saturated carbocycles. The highest BCUT2D eigenvalue weighted by Gasteiger charge is 2.37. The molecular weight excluding hydrogens is 410 g/mol. The van der Waals surface area contributed by atoms with Crippen LogP contribution in [0.2, 0.25) is 0 Å². The van der Waals surface area contributed by atoms with E-state index in [-0.39, 0.29) is 10.9 Å². The lowest BCUT2D eigenvalue weighted by atomic mass is 9.97. The minimum Gasteiger partial charge on any atom is -0.378 e. The number of anilines is 1. The van der Waals surface area contributed by atoms with Crippen molar-refractivity contribution in [2.75, 3.05) is 31.2 Å². The number of para-hydroxylation sites is 1. The first-order valence-electron chi connectivity index (χ1n) is 9.16. The summed E-state index contributed by atoms with van der Waals surface area (Å²) in [5.41, 5.74) is -1.98. The van der Waals surface area contributed by atoms with Gasteiger partial charge in [-0.2, -0.15) is 26.3 Å². The summed E-state index contributed by atoms with van der Waals surface area (Å²) in [7, 11) is 0. The number of aromatic nitrogens is 1. The minimum atomic E-state index is -4.88. The largest absolute Gasteiger partial charge is 0.433 e. The fourth-order valence-corrected chi connectivity index (χ4v) is 3.53. The van der Waals surface area contributed by atoms with Gasteiger partial charge in [-0.3, -0.25) is 0 Å². The van der Waals surface area contributed by atoms with Gasteiger partial charge in [0, 0.05) is 24.2 Å². The van der Waals surface area contributed by atoms with Crippen LogP contribution in [0.25, 0.3) is 22.0 Å². The van der Waals surface area contributed by atoms with E-state index >= 15 is 0 Å². The number of hydrogen-bond acceptors (Lipinski definition) is 3. The number of halogens is 6. The molecule has 1 aliphatic heterocycles. The molecule has 158 valence electrons. The summed E-state index contributed by atoms with van der Waals surface area (Å²) in [6, 6.07) is 10.8. The molecule has 1 aromatic heterocycles. The molecule has 9 heteroatoms. The Balaban J connectivity index is 1.87. The van der Waals surface area contributed by atoms with Gasteiger partial charge in [0.1, 0.15) is 5.69 Å². The Hall–Kier alpha value is -2.81. The lowest BCUT2D eigenvalue weighted by molar-refractivity contribution is -0.142. The van der Waals surface area contributed by atoms with E-state index in [0.717, 1.165) is 17.8 Å². The van der Waals surface area contributed by atoms with Gasteiger partial charge < -0.3 is 9.64 Å². The van der Waals surface area contributed by atoms with Gasteiger partial charge in [0.25, 0.3) is 0 Å². The van der Waals surface area contributed by atoms with E-state index in [1.807, 2.05) is 0 Å². The van der Waals surface area contributed by atoms with Crippen LogP contribution in [0.15, 0.2) is 48.5 Å². The van der Waals surface area contributed by atoms with E-state index < -0.39 is 29.1 Å². The third kappa shape index (κ3) is 3.94. The third-order valence-corrected chi connectivity index (χ3v) is 4.99. The standard InChI is InChI=1S/C21H16F6N2O/c22-20(23,24)17-3-1-2-15-16(12-18(21(25,26)27)28-19(15)17)13-4-6-14(7-5-13)29-8-10-30-11-9-29/h1-7,12H,8-11H2. The molecule has 2 heterocycles. The van der Waals surface area contributed by atoms with Crippen molar-refractivity contribution in [2.24, 2.45) is 0 Å². The van der Waals surface area contributed by atoms with E-state index in [9.17, 15) is 26.3 Å². The average molecular weight is 426 g/mol. The minimum absolute atomic E-state index is 0.0111. The second kappa shape index (κ2) is 7.46. The van der Waals surface area contributed by atoms with Crippen molar-refractivity contribution in [2.45, 2.75) is 12.4 Å². The molecule has 1 fully saturated rings. The molecule has 1 aliphatic rings. The molecule has 0 aliphatic carbocycles. The van der Waals surface area contributed by atoms with Gasteiger partial charge in [-0.1, -0.05) is 24.3 Å². The third-order valence-electron chi connectivity index (χ3n) is 4.99. The second-order valence-electron chi connectivity index (χ2n) is 6.90. The highest BCUT2D eigenvalue weighted by atomic mass is 19.4. The number of fused-ring (bicyclic) bond motifs is 1. The maximum absolute atomic E-state index is 13.4. The van der Waals surface area contributed by atoms with Crippen molar-refractivity contribution in [1.82, 2.24) is 4.98 Å². The molecule has 0 unspecified atom stereocenters. The molecular formula is C21H16F6N2O. The van der Waals surface area contributed by atoms with Gasteiger partial charge >= 0.3 is 12.4 Å². The summed E-state index contributed by atoms with van der Waals surface area (Å²) in [4.78, 5) is 5.39. The fraction of sp³-hybridized carbons (Fsp3) is 0.286. The molecule has 2 aromatic carbocycles. The lowest BCUT2D eigenvalue weighted by Gasteiger charge is -2.29. The number of rotatable bonds is 2. The van der Waals surface area contributed by atoms with Crippen molar-refractivity contribution in [3.8, 4) is 11.1 Å². The molecule has 0 radical (unpaired) electrons.